The van der Waals surface area contributed by atoms with Crippen LogP contribution in [0.3, 0.4) is 0 Å². The molecule has 26 heavy (non-hydrogen) atoms. The number of nitrogens with two attached hydrogens (primary N) is 1. The van der Waals surface area contributed by atoms with Crippen LogP contribution >= 0.6 is 0 Å². The highest BCUT2D eigenvalue weighted by atomic mass is 32.2. The lowest BCUT2D eigenvalue weighted by molar-refractivity contribution is 0.581. The molecule has 0 bridgehead atoms. The lowest BCUT2D eigenvalue weighted by Crippen LogP contribution is -2.11. The largest absolute Gasteiger partial charge is 0.238 e. The lowest BCUT2D eigenvalue weighted by atomic mass is 9.98. The van der Waals surface area contributed by atoms with E-state index in [1.54, 1.807) is 6.07 Å². The topological polar surface area (TPSA) is 96.8 Å². The van der Waals surface area contributed by atoms with Gasteiger partial charge >= 0.3 is 0 Å². The molecule has 0 aliphatic heterocycles. The third-order valence-electron chi connectivity index (χ3n) is 3.71. The van der Waals surface area contributed by atoms with Gasteiger partial charge in [0.15, 0.2) is 0 Å². The summed E-state index contributed by atoms with van der Waals surface area (Å²) in [6.07, 6.45) is 0. The quantitative estimate of drug-likeness (QED) is 0.715. The standard InChI is InChI=1S/C18H11F2N3O2S/c19-14-5-1-12(2-6-14)17-16(9-13(10-21)18(20)23-17)11-3-7-15(8-4-11)26(22,24)25/h1-9H,(H2,22,24,25). The van der Waals surface area contributed by atoms with Crippen molar-refractivity contribution in [2.24, 2.45) is 5.14 Å². The molecule has 3 aromatic rings. The summed E-state index contributed by atoms with van der Waals surface area (Å²) in [5.41, 5.74) is 1.28. The molecule has 0 saturated heterocycles. The van der Waals surface area contributed by atoms with E-state index in [1.165, 1.54) is 54.6 Å². The highest BCUT2D eigenvalue weighted by Gasteiger charge is 2.16. The lowest BCUT2D eigenvalue weighted by Gasteiger charge is -2.11. The van der Waals surface area contributed by atoms with Crippen molar-refractivity contribution in [2.75, 3.05) is 0 Å². The third kappa shape index (κ3) is 3.44. The van der Waals surface area contributed by atoms with Crippen molar-refractivity contribution in [3.63, 3.8) is 0 Å². The van der Waals surface area contributed by atoms with Gasteiger partial charge in [0.25, 0.3) is 0 Å². The summed E-state index contributed by atoms with van der Waals surface area (Å²) in [7, 11) is -3.86. The van der Waals surface area contributed by atoms with Gasteiger partial charge in [-0.3, -0.25) is 0 Å². The average molecular weight is 371 g/mol. The fourth-order valence-corrected chi connectivity index (χ4v) is 2.96. The molecule has 0 radical (unpaired) electrons. The second-order valence-corrected chi connectivity index (χ2v) is 6.97. The highest BCUT2D eigenvalue weighted by Crippen LogP contribution is 2.32. The Kier molecular flexibility index (Phi) is 4.50. The van der Waals surface area contributed by atoms with Crippen LogP contribution in [0.5, 0.6) is 0 Å². The van der Waals surface area contributed by atoms with Crippen LogP contribution in [0.25, 0.3) is 22.4 Å². The Morgan fingerprint density at radius 3 is 2.08 bits per heavy atom. The Morgan fingerprint density at radius 1 is 0.962 bits per heavy atom. The molecule has 0 unspecified atom stereocenters. The first kappa shape index (κ1) is 17.7. The fraction of sp³-hybridized carbons (Fsp3) is 0. The van der Waals surface area contributed by atoms with Gasteiger partial charge in [-0.05, 0) is 48.0 Å². The third-order valence-corrected chi connectivity index (χ3v) is 4.64. The van der Waals surface area contributed by atoms with E-state index in [2.05, 4.69) is 4.98 Å². The summed E-state index contributed by atoms with van der Waals surface area (Å²) in [4.78, 5) is 3.75. The molecular weight excluding hydrogens is 360 g/mol. The molecule has 0 atom stereocenters. The number of nitriles is 1. The van der Waals surface area contributed by atoms with E-state index in [0.717, 1.165) is 0 Å². The first-order valence-corrected chi connectivity index (χ1v) is 8.84. The van der Waals surface area contributed by atoms with Gasteiger partial charge in [0, 0.05) is 11.1 Å². The van der Waals surface area contributed by atoms with Crippen molar-refractivity contribution >= 4 is 10.0 Å². The molecule has 2 N–H and O–H groups in total. The van der Waals surface area contributed by atoms with E-state index in [1.807, 2.05) is 0 Å². The van der Waals surface area contributed by atoms with E-state index >= 15 is 0 Å². The number of nitrogens with zero attached hydrogens (tertiary/aromatic N) is 2. The highest BCUT2D eigenvalue weighted by molar-refractivity contribution is 7.89. The van der Waals surface area contributed by atoms with Crippen LogP contribution in [-0.2, 0) is 10.0 Å². The minimum Gasteiger partial charge on any atom is -0.225 e. The minimum atomic E-state index is -3.86. The van der Waals surface area contributed by atoms with Gasteiger partial charge in [0.05, 0.1) is 10.6 Å². The summed E-state index contributed by atoms with van der Waals surface area (Å²) < 4.78 is 50.0. The Morgan fingerprint density at radius 2 is 1.54 bits per heavy atom. The average Bonchev–Trinajstić information content (AvgIpc) is 2.61. The van der Waals surface area contributed by atoms with Crippen molar-refractivity contribution in [2.45, 2.75) is 4.90 Å². The number of aromatic nitrogens is 1. The molecule has 1 heterocycles. The molecule has 0 spiro atoms. The predicted octanol–water partition coefficient (Wildman–Crippen LogP) is 3.21. The van der Waals surface area contributed by atoms with E-state index in [0.29, 0.717) is 16.7 Å². The summed E-state index contributed by atoms with van der Waals surface area (Å²) in [6, 6.07) is 13.9. The zero-order valence-corrected chi connectivity index (χ0v) is 14.0. The fourth-order valence-electron chi connectivity index (χ4n) is 2.44. The number of hydrogen-bond donors (Lipinski definition) is 1. The Hall–Kier alpha value is -3.15. The van der Waals surface area contributed by atoms with Crippen LogP contribution in [-0.4, -0.2) is 13.4 Å². The molecule has 8 heteroatoms. The van der Waals surface area contributed by atoms with Crippen molar-refractivity contribution in [1.82, 2.24) is 4.98 Å². The van der Waals surface area contributed by atoms with Gasteiger partial charge in [-0.15, -0.1) is 0 Å². The SMILES string of the molecule is N#Cc1cc(-c2ccc(S(N)(=O)=O)cc2)c(-c2ccc(F)cc2)nc1F. The molecule has 0 amide bonds. The molecule has 1 aromatic heterocycles. The van der Waals surface area contributed by atoms with Gasteiger partial charge in [-0.25, -0.2) is 22.9 Å². The first-order valence-electron chi connectivity index (χ1n) is 7.29. The number of benzene rings is 2. The summed E-state index contributed by atoms with van der Waals surface area (Å²) in [5.74, 6) is -1.40. The predicted molar refractivity (Wildman–Crippen MR) is 91.1 cm³/mol. The van der Waals surface area contributed by atoms with Crippen molar-refractivity contribution < 1.29 is 17.2 Å². The van der Waals surface area contributed by atoms with E-state index in [9.17, 15) is 17.2 Å². The first-order chi connectivity index (χ1) is 12.3. The molecule has 0 aliphatic rings. The Bertz CT molecular complexity index is 1120. The molecule has 2 aromatic carbocycles. The number of pyridine rings is 1. The molecule has 130 valence electrons. The number of rotatable bonds is 3. The van der Waals surface area contributed by atoms with Crippen LogP contribution < -0.4 is 5.14 Å². The second-order valence-electron chi connectivity index (χ2n) is 5.41. The van der Waals surface area contributed by atoms with Crippen LogP contribution in [0, 0.1) is 23.1 Å². The van der Waals surface area contributed by atoms with Gasteiger partial charge in [-0.2, -0.15) is 9.65 Å². The number of sulfonamides is 1. The second kappa shape index (κ2) is 6.63. The van der Waals surface area contributed by atoms with E-state index in [-0.39, 0.29) is 16.2 Å². The Balaban J connectivity index is 2.22. The molecule has 0 fully saturated rings. The molecular formula is C18H11F2N3O2S. The Labute approximate surface area is 148 Å². The molecule has 0 aliphatic carbocycles. The molecule has 0 saturated carbocycles. The van der Waals surface area contributed by atoms with Crippen molar-refractivity contribution in [3.8, 4) is 28.5 Å². The maximum atomic E-state index is 14.0. The molecule has 5 nitrogen and oxygen atoms in total. The van der Waals surface area contributed by atoms with Crippen LogP contribution in [0.4, 0.5) is 8.78 Å². The number of halogens is 2. The summed E-state index contributed by atoms with van der Waals surface area (Å²) in [5, 5.41) is 14.1. The van der Waals surface area contributed by atoms with Gasteiger partial charge in [0.2, 0.25) is 16.0 Å². The van der Waals surface area contributed by atoms with Crippen molar-refractivity contribution in [1.29, 1.82) is 5.26 Å². The van der Waals surface area contributed by atoms with Crippen LogP contribution in [0.1, 0.15) is 5.56 Å². The maximum absolute atomic E-state index is 14.0. The van der Waals surface area contributed by atoms with Gasteiger partial charge in [0.1, 0.15) is 17.4 Å². The van der Waals surface area contributed by atoms with E-state index in [4.69, 9.17) is 10.4 Å². The monoisotopic (exact) mass is 371 g/mol. The van der Waals surface area contributed by atoms with Gasteiger partial charge in [-0.1, -0.05) is 12.1 Å². The van der Waals surface area contributed by atoms with Crippen molar-refractivity contribution in [3.05, 3.63) is 71.9 Å². The van der Waals surface area contributed by atoms with Gasteiger partial charge < -0.3 is 0 Å². The zero-order chi connectivity index (χ0) is 18.9. The number of hydrogen-bond acceptors (Lipinski definition) is 4. The van der Waals surface area contributed by atoms with Crippen LogP contribution in [0.15, 0.2) is 59.5 Å². The maximum Gasteiger partial charge on any atom is 0.238 e. The minimum absolute atomic E-state index is 0.0832. The van der Waals surface area contributed by atoms with Crippen LogP contribution in [0.2, 0.25) is 0 Å². The summed E-state index contributed by atoms with van der Waals surface area (Å²) >= 11 is 0. The smallest absolute Gasteiger partial charge is 0.225 e. The zero-order valence-electron chi connectivity index (χ0n) is 13.1. The normalized spacial score (nSPS) is 11.2. The number of primary sulfonamides is 1. The van der Waals surface area contributed by atoms with E-state index < -0.39 is 21.8 Å². The molecule has 3 rings (SSSR count). The summed E-state index contributed by atoms with van der Waals surface area (Å²) in [6.45, 7) is 0.